The second-order valence-electron chi connectivity index (χ2n) is 10.1. The highest BCUT2D eigenvalue weighted by Crippen LogP contribution is 2.44. The van der Waals surface area contributed by atoms with Gasteiger partial charge >= 0.3 is 8.25 Å². The smallest absolute Gasteiger partial charge is 0.497 e. The summed E-state index contributed by atoms with van der Waals surface area (Å²) in [7, 11) is 0.970. The molecule has 0 saturated carbocycles. The number of benzene rings is 3. The highest BCUT2D eigenvalue weighted by Gasteiger charge is 2.45. The molecular formula is C32H38O8P+. The van der Waals surface area contributed by atoms with Crippen LogP contribution in [0.3, 0.4) is 0 Å². The molecule has 5 atom stereocenters. The standard InChI is InChI=1S/C32H38O8P/c1-4-28-30(19-21-36-28)40-41(33)38-22-31-29(18-20-37-31)39-32(23-8-6-5-7-9-23,24-10-14-26(34-2)15-11-24)25-12-16-27(35-3)17-13-25/h5-17,28-31H,4,18-22H2,1-3H3/q+1/t28-,29-,30-,31-/m1/s1. The predicted octanol–water partition coefficient (Wildman–Crippen LogP) is 6.43. The van der Waals surface area contributed by atoms with E-state index in [9.17, 15) is 4.57 Å². The molecule has 0 radical (unpaired) electrons. The van der Waals surface area contributed by atoms with E-state index in [1.165, 1.54) is 0 Å². The summed E-state index contributed by atoms with van der Waals surface area (Å²) >= 11 is 0. The molecule has 0 N–H and O–H groups in total. The maximum absolute atomic E-state index is 12.7. The fourth-order valence-electron chi connectivity index (χ4n) is 5.58. The minimum absolute atomic E-state index is 0.0585. The van der Waals surface area contributed by atoms with Crippen molar-refractivity contribution in [2.24, 2.45) is 0 Å². The topological polar surface area (TPSA) is 81.7 Å². The summed E-state index contributed by atoms with van der Waals surface area (Å²) in [4.78, 5) is 0. The zero-order chi connectivity index (χ0) is 28.7. The van der Waals surface area contributed by atoms with Crippen LogP contribution in [0.15, 0.2) is 78.9 Å². The lowest BCUT2D eigenvalue weighted by molar-refractivity contribution is -0.0881. The molecule has 41 heavy (non-hydrogen) atoms. The quantitative estimate of drug-likeness (QED) is 0.169. The largest absolute Gasteiger partial charge is 0.697 e. The Morgan fingerprint density at radius 1 is 0.756 bits per heavy atom. The molecule has 3 aromatic rings. The van der Waals surface area contributed by atoms with Gasteiger partial charge in [0.25, 0.3) is 0 Å². The minimum Gasteiger partial charge on any atom is -0.497 e. The second-order valence-corrected chi connectivity index (χ2v) is 11.0. The SMILES string of the molecule is CC[C@H]1OCC[C@H]1O[P+](=O)OC[C@H]1OCC[C@H]1OC(c1ccccc1)(c1ccc(OC)cc1)c1ccc(OC)cc1. The van der Waals surface area contributed by atoms with Crippen LogP contribution >= 0.6 is 8.25 Å². The summed E-state index contributed by atoms with van der Waals surface area (Å²) in [6.07, 6.45) is 1.10. The van der Waals surface area contributed by atoms with Crippen LogP contribution in [-0.2, 0) is 33.4 Å². The van der Waals surface area contributed by atoms with Gasteiger partial charge in [-0.3, -0.25) is 0 Å². The van der Waals surface area contributed by atoms with E-state index in [1.54, 1.807) is 14.2 Å². The van der Waals surface area contributed by atoms with Crippen LogP contribution in [0.1, 0.15) is 42.9 Å². The summed E-state index contributed by atoms with van der Waals surface area (Å²) in [6.45, 7) is 3.21. The van der Waals surface area contributed by atoms with E-state index in [0.717, 1.165) is 34.6 Å². The van der Waals surface area contributed by atoms with Gasteiger partial charge in [0.15, 0.2) is 0 Å². The molecular weight excluding hydrogens is 543 g/mol. The van der Waals surface area contributed by atoms with Crippen LogP contribution in [-0.4, -0.2) is 58.5 Å². The van der Waals surface area contributed by atoms with Crippen molar-refractivity contribution in [1.82, 2.24) is 0 Å². The summed E-state index contributed by atoms with van der Waals surface area (Å²) in [5, 5.41) is 0. The van der Waals surface area contributed by atoms with E-state index < -0.39 is 20.0 Å². The Labute approximate surface area is 242 Å². The van der Waals surface area contributed by atoms with Gasteiger partial charge in [-0.15, -0.1) is 9.05 Å². The molecule has 0 bridgehead atoms. The van der Waals surface area contributed by atoms with Crippen LogP contribution in [0.25, 0.3) is 0 Å². The predicted molar refractivity (Wildman–Crippen MR) is 155 cm³/mol. The highest BCUT2D eigenvalue weighted by atomic mass is 31.1. The fourth-order valence-corrected chi connectivity index (χ4v) is 6.37. The molecule has 9 heteroatoms. The third kappa shape index (κ3) is 6.64. The first kappa shape index (κ1) is 29.6. The van der Waals surface area contributed by atoms with Crippen molar-refractivity contribution >= 4 is 8.25 Å². The van der Waals surface area contributed by atoms with Crippen molar-refractivity contribution in [1.29, 1.82) is 0 Å². The molecule has 1 unspecified atom stereocenters. The zero-order valence-corrected chi connectivity index (χ0v) is 24.7. The monoisotopic (exact) mass is 581 g/mol. The molecule has 2 aliphatic heterocycles. The number of hydrogen-bond acceptors (Lipinski definition) is 8. The Hall–Kier alpha value is -2.84. The summed E-state index contributed by atoms with van der Waals surface area (Å²) in [6, 6.07) is 26.0. The molecule has 5 rings (SSSR count). The molecule has 0 spiro atoms. The van der Waals surface area contributed by atoms with Gasteiger partial charge in [-0.2, -0.15) is 0 Å². The first-order valence-corrected chi connectivity index (χ1v) is 15.2. The van der Waals surface area contributed by atoms with Gasteiger partial charge in [0, 0.05) is 24.2 Å². The van der Waals surface area contributed by atoms with E-state index in [1.807, 2.05) is 73.7 Å². The lowest BCUT2D eigenvalue weighted by Gasteiger charge is -2.39. The van der Waals surface area contributed by atoms with Gasteiger partial charge in [0.05, 0.1) is 26.4 Å². The Kier molecular flexibility index (Phi) is 10.0. The lowest BCUT2D eigenvalue weighted by atomic mass is 9.79. The van der Waals surface area contributed by atoms with E-state index in [-0.39, 0.29) is 24.9 Å². The molecule has 2 fully saturated rings. The molecule has 2 heterocycles. The Balaban J connectivity index is 1.44. The Morgan fingerprint density at radius 2 is 1.29 bits per heavy atom. The van der Waals surface area contributed by atoms with Crippen molar-refractivity contribution < 1.29 is 37.3 Å². The van der Waals surface area contributed by atoms with Crippen LogP contribution in [0.2, 0.25) is 0 Å². The third-order valence-corrected chi connectivity index (χ3v) is 8.57. The number of hydrogen-bond donors (Lipinski definition) is 0. The normalized spacial score (nSPS) is 23.0. The minimum atomic E-state index is -2.33. The van der Waals surface area contributed by atoms with Crippen molar-refractivity contribution in [2.45, 2.75) is 56.2 Å². The first-order chi connectivity index (χ1) is 20.1. The van der Waals surface area contributed by atoms with Gasteiger partial charge in [-0.05, 0) is 53.8 Å². The molecule has 2 aliphatic rings. The third-order valence-electron chi connectivity index (χ3n) is 7.77. The summed E-state index contributed by atoms with van der Waals surface area (Å²) in [5.41, 5.74) is 1.85. The van der Waals surface area contributed by atoms with Gasteiger partial charge in [0.2, 0.25) is 0 Å². The van der Waals surface area contributed by atoms with Crippen molar-refractivity contribution in [2.75, 3.05) is 34.0 Å². The Bertz CT molecular complexity index is 1200. The molecule has 2 saturated heterocycles. The summed E-state index contributed by atoms with van der Waals surface area (Å²) in [5.74, 6) is 1.50. The summed E-state index contributed by atoms with van der Waals surface area (Å²) < 4.78 is 53.9. The van der Waals surface area contributed by atoms with Gasteiger partial charge in [0.1, 0.15) is 35.9 Å². The number of ether oxygens (including phenoxy) is 5. The number of methoxy groups -OCH3 is 2. The maximum atomic E-state index is 12.7. The van der Waals surface area contributed by atoms with Crippen molar-refractivity contribution in [3.8, 4) is 11.5 Å². The molecule has 218 valence electrons. The highest BCUT2D eigenvalue weighted by molar-refractivity contribution is 7.33. The van der Waals surface area contributed by atoms with Gasteiger partial charge < -0.3 is 23.7 Å². The Morgan fingerprint density at radius 3 is 1.85 bits per heavy atom. The average Bonchev–Trinajstić information content (AvgIpc) is 3.68. The van der Waals surface area contributed by atoms with Gasteiger partial charge in [-0.1, -0.05) is 61.5 Å². The van der Waals surface area contributed by atoms with Crippen LogP contribution < -0.4 is 9.47 Å². The molecule has 0 amide bonds. The van der Waals surface area contributed by atoms with Crippen molar-refractivity contribution in [3.63, 3.8) is 0 Å². The zero-order valence-electron chi connectivity index (χ0n) is 23.8. The average molecular weight is 582 g/mol. The maximum Gasteiger partial charge on any atom is 0.697 e. The van der Waals surface area contributed by atoms with E-state index >= 15 is 0 Å². The fraction of sp³-hybridized carbons (Fsp3) is 0.438. The van der Waals surface area contributed by atoms with Crippen LogP contribution in [0.5, 0.6) is 11.5 Å². The van der Waals surface area contributed by atoms with Crippen molar-refractivity contribution in [3.05, 3.63) is 95.6 Å². The van der Waals surface area contributed by atoms with E-state index in [0.29, 0.717) is 26.1 Å². The second kappa shape index (κ2) is 13.9. The lowest BCUT2D eigenvalue weighted by Crippen LogP contribution is -2.41. The molecule has 3 aromatic carbocycles. The molecule has 8 nitrogen and oxygen atoms in total. The van der Waals surface area contributed by atoms with E-state index in [4.69, 9.17) is 32.7 Å². The van der Waals surface area contributed by atoms with Crippen LogP contribution in [0, 0.1) is 0 Å². The van der Waals surface area contributed by atoms with Gasteiger partial charge in [-0.25, -0.2) is 0 Å². The first-order valence-electron chi connectivity index (χ1n) is 14.1. The van der Waals surface area contributed by atoms with E-state index in [2.05, 4.69) is 12.1 Å². The molecule has 0 aliphatic carbocycles. The number of rotatable bonds is 13. The molecule has 0 aromatic heterocycles. The van der Waals surface area contributed by atoms with Crippen LogP contribution in [0.4, 0.5) is 0 Å².